The predicted molar refractivity (Wildman–Crippen MR) is 96.6 cm³/mol. The van der Waals surface area contributed by atoms with Crippen molar-refractivity contribution in [2.24, 2.45) is 11.8 Å². The normalized spacial score (nSPS) is 20.6. The number of hydrogen-bond donors (Lipinski definition) is 2. The Morgan fingerprint density at radius 1 is 1.48 bits per heavy atom. The summed E-state index contributed by atoms with van der Waals surface area (Å²) < 4.78 is 6.14. The maximum absolute atomic E-state index is 12.3. The molecule has 4 nitrogen and oxygen atoms in total. The fraction of sp³-hybridized carbons (Fsp3) is 0.611. The quantitative estimate of drug-likeness (QED) is 0.788. The van der Waals surface area contributed by atoms with E-state index in [-0.39, 0.29) is 11.9 Å². The van der Waals surface area contributed by atoms with Crippen LogP contribution in [0.3, 0.4) is 0 Å². The lowest BCUT2D eigenvalue weighted by Crippen LogP contribution is -2.36. The molecule has 128 valence electrons. The van der Waals surface area contributed by atoms with Gasteiger partial charge >= 0.3 is 0 Å². The molecule has 0 aromatic heterocycles. The zero-order valence-electron chi connectivity index (χ0n) is 14.2. The number of nitrogens with one attached hydrogen (secondary N) is 2. The Labute approximate surface area is 147 Å². The monoisotopic (exact) mass is 382 g/mol. The van der Waals surface area contributed by atoms with Crippen LogP contribution in [0.15, 0.2) is 22.7 Å². The zero-order chi connectivity index (χ0) is 16.8. The van der Waals surface area contributed by atoms with Crippen molar-refractivity contribution in [1.29, 1.82) is 0 Å². The third-order valence-corrected chi connectivity index (χ3v) is 5.32. The van der Waals surface area contributed by atoms with E-state index in [0.717, 1.165) is 28.9 Å². The minimum absolute atomic E-state index is 0.0126. The first-order valence-electron chi connectivity index (χ1n) is 8.34. The first kappa shape index (κ1) is 18.3. The van der Waals surface area contributed by atoms with E-state index in [4.69, 9.17) is 4.74 Å². The van der Waals surface area contributed by atoms with Gasteiger partial charge in [-0.1, -0.05) is 13.0 Å². The third-order valence-electron chi connectivity index (χ3n) is 4.70. The Kier molecular flexibility index (Phi) is 6.90. The van der Waals surface area contributed by atoms with E-state index in [0.29, 0.717) is 18.3 Å². The molecule has 1 aromatic rings. The molecular formula is C18H27BrN2O2. The average Bonchev–Trinajstić information content (AvgIpc) is 2.55. The van der Waals surface area contributed by atoms with Gasteiger partial charge in [0.1, 0.15) is 5.75 Å². The van der Waals surface area contributed by atoms with Crippen LogP contribution in [0.5, 0.6) is 5.75 Å². The van der Waals surface area contributed by atoms with E-state index in [9.17, 15) is 4.79 Å². The molecule has 3 atom stereocenters. The lowest BCUT2D eigenvalue weighted by Gasteiger charge is -2.28. The van der Waals surface area contributed by atoms with Crippen molar-refractivity contribution in [2.45, 2.75) is 39.2 Å². The van der Waals surface area contributed by atoms with Gasteiger partial charge in [-0.2, -0.15) is 0 Å². The molecule has 2 rings (SSSR count). The Balaban J connectivity index is 1.87. The summed E-state index contributed by atoms with van der Waals surface area (Å²) in [5, 5.41) is 6.53. The number of methoxy groups -OCH3 is 1. The van der Waals surface area contributed by atoms with Gasteiger partial charge in [0.25, 0.3) is 0 Å². The number of rotatable bonds is 6. The fourth-order valence-electron chi connectivity index (χ4n) is 3.16. The molecule has 0 saturated carbocycles. The van der Waals surface area contributed by atoms with E-state index in [1.807, 2.05) is 25.1 Å². The van der Waals surface area contributed by atoms with Crippen LogP contribution in [0.2, 0.25) is 0 Å². The molecule has 23 heavy (non-hydrogen) atoms. The van der Waals surface area contributed by atoms with Crippen LogP contribution < -0.4 is 15.4 Å². The van der Waals surface area contributed by atoms with Crippen LogP contribution in [0, 0.1) is 11.8 Å². The summed E-state index contributed by atoms with van der Waals surface area (Å²) in [5.74, 6) is 1.95. The number of piperidine rings is 1. The first-order valence-corrected chi connectivity index (χ1v) is 9.14. The van der Waals surface area contributed by atoms with E-state index in [1.165, 1.54) is 12.8 Å². The molecule has 0 aliphatic carbocycles. The first-order chi connectivity index (χ1) is 11.0. The maximum Gasteiger partial charge on any atom is 0.220 e. The number of hydrogen-bond acceptors (Lipinski definition) is 3. The Hall–Kier alpha value is -1.07. The van der Waals surface area contributed by atoms with Crippen molar-refractivity contribution in [3.63, 3.8) is 0 Å². The standard InChI is InChI=1S/C18H27BrN2O2/c1-12(15-5-4-8-20-11-15)9-18(22)21-13(2)14-6-7-17(23-3)16(19)10-14/h6-7,10,12-13,15,20H,4-5,8-9,11H2,1-3H3,(H,21,22). The van der Waals surface area contributed by atoms with E-state index < -0.39 is 0 Å². The molecule has 1 heterocycles. The molecule has 0 spiro atoms. The summed E-state index contributed by atoms with van der Waals surface area (Å²) in [7, 11) is 1.65. The maximum atomic E-state index is 12.3. The molecule has 1 aromatic carbocycles. The Morgan fingerprint density at radius 2 is 2.26 bits per heavy atom. The summed E-state index contributed by atoms with van der Waals surface area (Å²) in [6.07, 6.45) is 3.03. The zero-order valence-corrected chi connectivity index (χ0v) is 15.8. The summed E-state index contributed by atoms with van der Waals surface area (Å²) in [5.41, 5.74) is 1.07. The highest BCUT2D eigenvalue weighted by molar-refractivity contribution is 9.10. The predicted octanol–water partition coefficient (Wildman–Crippen LogP) is 3.66. The van der Waals surface area contributed by atoms with Crippen molar-refractivity contribution in [3.8, 4) is 5.75 Å². The Bertz CT molecular complexity index is 530. The van der Waals surface area contributed by atoms with Gasteiger partial charge < -0.3 is 15.4 Å². The third kappa shape index (κ3) is 5.21. The minimum atomic E-state index is -0.0126. The van der Waals surface area contributed by atoms with Gasteiger partial charge in [-0.25, -0.2) is 0 Å². The lowest BCUT2D eigenvalue weighted by atomic mass is 9.85. The van der Waals surface area contributed by atoms with E-state index in [1.54, 1.807) is 7.11 Å². The van der Waals surface area contributed by atoms with E-state index in [2.05, 4.69) is 33.5 Å². The number of benzene rings is 1. The number of halogens is 1. The second-order valence-electron chi connectivity index (χ2n) is 6.47. The summed E-state index contributed by atoms with van der Waals surface area (Å²) >= 11 is 3.49. The van der Waals surface area contributed by atoms with E-state index >= 15 is 0 Å². The molecule has 3 unspecified atom stereocenters. The van der Waals surface area contributed by atoms with Crippen molar-refractivity contribution >= 4 is 21.8 Å². The topological polar surface area (TPSA) is 50.4 Å². The smallest absolute Gasteiger partial charge is 0.220 e. The fourth-order valence-corrected chi connectivity index (χ4v) is 3.72. The van der Waals surface area contributed by atoms with Crippen LogP contribution >= 0.6 is 15.9 Å². The average molecular weight is 383 g/mol. The molecule has 1 saturated heterocycles. The van der Waals surface area contributed by atoms with Gasteiger partial charge in [-0.3, -0.25) is 4.79 Å². The highest BCUT2D eigenvalue weighted by Crippen LogP contribution is 2.28. The van der Waals surface area contributed by atoms with Gasteiger partial charge in [0.05, 0.1) is 17.6 Å². The minimum Gasteiger partial charge on any atom is -0.496 e. The van der Waals surface area contributed by atoms with Crippen LogP contribution in [0.1, 0.15) is 44.7 Å². The number of carbonyl (C=O) groups excluding carboxylic acids is 1. The molecule has 2 N–H and O–H groups in total. The number of carbonyl (C=O) groups is 1. The van der Waals surface area contributed by atoms with Gasteiger partial charge in [0, 0.05) is 6.42 Å². The van der Waals surface area contributed by atoms with Crippen molar-refractivity contribution in [1.82, 2.24) is 10.6 Å². The lowest BCUT2D eigenvalue weighted by molar-refractivity contribution is -0.123. The van der Waals surface area contributed by atoms with Crippen LogP contribution in [-0.2, 0) is 4.79 Å². The van der Waals surface area contributed by atoms with Gasteiger partial charge in [-0.15, -0.1) is 0 Å². The highest BCUT2D eigenvalue weighted by atomic mass is 79.9. The molecule has 1 amide bonds. The summed E-state index contributed by atoms with van der Waals surface area (Å²) in [6.45, 7) is 6.35. The largest absolute Gasteiger partial charge is 0.496 e. The Morgan fingerprint density at radius 3 is 2.87 bits per heavy atom. The van der Waals surface area contributed by atoms with Crippen LogP contribution in [-0.4, -0.2) is 26.1 Å². The van der Waals surface area contributed by atoms with Crippen molar-refractivity contribution in [2.75, 3.05) is 20.2 Å². The van der Waals surface area contributed by atoms with Crippen LogP contribution in [0.25, 0.3) is 0 Å². The second kappa shape index (κ2) is 8.69. The summed E-state index contributed by atoms with van der Waals surface area (Å²) in [6, 6.07) is 5.89. The molecule has 1 aliphatic heterocycles. The summed E-state index contributed by atoms with van der Waals surface area (Å²) in [4.78, 5) is 12.3. The molecule has 1 aliphatic rings. The molecule has 0 bridgehead atoms. The number of ether oxygens (including phenoxy) is 1. The number of amides is 1. The van der Waals surface area contributed by atoms with Gasteiger partial charge in [-0.05, 0) is 78.3 Å². The molecule has 1 fully saturated rings. The van der Waals surface area contributed by atoms with Gasteiger partial charge in [0.15, 0.2) is 0 Å². The molecular weight excluding hydrogens is 356 g/mol. The van der Waals surface area contributed by atoms with Crippen LogP contribution in [0.4, 0.5) is 0 Å². The molecule has 0 radical (unpaired) electrons. The van der Waals surface area contributed by atoms with Gasteiger partial charge in [0.2, 0.25) is 5.91 Å². The highest BCUT2D eigenvalue weighted by Gasteiger charge is 2.22. The molecule has 5 heteroatoms. The van der Waals surface area contributed by atoms with Crippen molar-refractivity contribution in [3.05, 3.63) is 28.2 Å². The second-order valence-corrected chi connectivity index (χ2v) is 7.33. The van der Waals surface area contributed by atoms with Crippen molar-refractivity contribution < 1.29 is 9.53 Å². The SMILES string of the molecule is COc1ccc(C(C)NC(=O)CC(C)C2CCCNC2)cc1Br.